The molecule has 0 bridgehead atoms. The summed E-state index contributed by atoms with van der Waals surface area (Å²) >= 11 is 6.06. The van der Waals surface area contributed by atoms with Gasteiger partial charge in [0, 0.05) is 25.3 Å². The molecule has 1 fully saturated rings. The summed E-state index contributed by atoms with van der Waals surface area (Å²) in [6.07, 6.45) is 0.472. The molecule has 126 valence electrons. The van der Waals surface area contributed by atoms with E-state index in [1.54, 1.807) is 23.1 Å². The van der Waals surface area contributed by atoms with Crippen LogP contribution >= 0.6 is 11.6 Å². The largest absolute Gasteiger partial charge is 0.492 e. The van der Waals surface area contributed by atoms with E-state index in [9.17, 15) is 9.59 Å². The highest BCUT2D eigenvalue weighted by molar-refractivity contribution is 6.32. The van der Waals surface area contributed by atoms with Crippen LogP contribution in [0.25, 0.3) is 0 Å². The van der Waals surface area contributed by atoms with Crippen LogP contribution in [0.5, 0.6) is 5.75 Å². The maximum absolute atomic E-state index is 11.8. The Morgan fingerprint density at radius 1 is 1.48 bits per heavy atom. The number of hydrogen-bond donors (Lipinski definition) is 2. The summed E-state index contributed by atoms with van der Waals surface area (Å²) in [5.74, 6) is 0.573. The SMILES string of the molecule is CCOc1ccc(NC(=O)NCCN2CCCOC2=O)cc1Cl. The lowest BCUT2D eigenvalue weighted by Gasteiger charge is -2.26. The Morgan fingerprint density at radius 2 is 2.30 bits per heavy atom. The molecule has 1 aliphatic rings. The van der Waals surface area contributed by atoms with E-state index in [-0.39, 0.29) is 12.1 Å². The van der Waals surface area contributed by atoms with Crippen LogP contribution in [0.3, 0.4) is 0 Å². The van der Waals surface area contributed by atoms with Crippen LogP contribution in [0.15, 0.2) is 18.2 Å². The summed E-state index contributed by atoms with van der Waals surface area (Å²) in [5, 5.41) is 5.79. The molecule has 0 unspecified atom stereocenters. The number of urea groups is 1. The van der Waals surface area contributed by atoms with Crippen molar-refractivity contribution in [1.82, 2.24) is 10.2 Å². The first-order chi connectivity index (χ1) is 11.1. The Bertz CT molecular complexity index is 568. The summed E-state index contributed by atoms with van der Waals surface area (Å²) < 4.78 is 10.2. The van der Waals surface area contributed by atoms with Crippen molar-refractivity contribution < 1.29 is 19.1 Å². The number of anilines is 1. The fourth-order valence-electron chi connectivity index (χ4n) is 2.13. The number of benzene rings is 1. The number of carbonyl (C=O) groups is 2. The second-order valence-corrected chi connectivity index (χ2v) is 5.32. The first-order valence-corrected chi connectivity index (χ1v) is 7.87. The van der Waals surface area contributed by atoms with E-state index in [4.69, 9.17) is 21.1 Å². The van der Waals surface area contributed by atoms with Crippen LogP contribution in [-0.4, -0.2) is 49.9 Å². The first-order valence-electron chi connectivity index (χ1n) is 7.49. The molecule has 1 aromatic rings. The molecule has 0 spiro atoms. The summed E-state index contributed by atoms with van der Waals surface area (Å²) in [4.78, 5) is 24.8. The van der Waals surface area contributed by atoms with Gasteiger partial charge in [-0.05, 0) is 31.5 Å². The number of nitrogens with zero attached hydrogens (tertiary/aromatic N) is 1. The molecule has 8 heteroatoms. The van der Waals surface area contributed by atoms with Crippen molar-refractivity contribution in [3.63, 3.8) is 0 Å². The number of amides is 3. The van der Waals surface area contributed by atoms with Crippen molar-refractivity contribution in [3.8, 4) is 5.75 Å². The van der Waals surface area contributed by atoms with Crippen molar-refractivity contribution in [2.24, 2.45) is 0 Å². The molecule has 0 saturated carbocycles. The van der Waals surface area contributed by atoms with E-state index < -0.39 is 0 Å². The highest BCUT2D eigenvalue weighted by atomic mass is 35.5. The number of hydrogen-bond acceptors (Lipinski definition) is 4. The number of rotatable bonds is 6. The summed E-state index contributed by atoms with van der Waals surface area (Å²) in [5.41, 5.74) is 0.563. The molecule has 0 aliphatic carbocycles. The third-order valence-electron chi connectivity index (χ3n) is 3.21. The average Bonchev–Trinajstić information content (AvgIpc) is 2.52. The minimum Gasteiger partial charge on any atom is -0.492 e. The molecular weight excluding hydrogens is 322 g/mol. The van der Waals surface area contributed by atoms with Crippen LogP contribution in [0.1, 0.15) is 13.3 Å². The Labute approximate surface area is 139 Å². The van der Waals surface area contributed by atoms with Gasteiger partial charge in [0.15, 0.2) is 0 Å². The third kappa shape index (κ3) is 5.21. The minimum atomic E-state index is -0.365. The van der Waals surface area contributed by atoms with Crippen LogP contribution in [0, 0.1) is 0 Å². The van der Waals surface area contributed by atoms with Crippen LogP contribution < -0.4 is 15.4 Å². The molecule has 0 radical (unpaired) electrons. The van der Waals surface area contributed by atoms with Gasteiger partial charge in [-0.3, -0.25) is 0 Å². The molecule has 0 aromatic heterocycles. The number of cyclic esters (lactones) is 1. The lowest BCUT2D eigenvalue weighted by molar-refractivity contribution is 0.0736. The van der Waals surface area contributed by atoms with Crippen molar-refractivity contribution in [3.05, 3.63) is 23.2 Å². The molecule has 0 atom stereocenters. The zero-order chi connectivity index (χ0) is 16.7. The van der Waals surface area contributed by atoms with Gasteiger partial charge in [-0.15, -0.1) is 0 Å². The second kappa shape index (κ2) is 8.47. The lowest BCUT2D eigenvalue weighted by atomic mass is 10.3. The maximum atomic E-state index is 11.8. The standard InChI is InChI=1S/C15H20ClN3O4/c1-2-22-13-5-4-11(10-12(13)16)18-14(20)17-6-8-19-7-3-9-23-15(19)21/h4-5,10H,2-3,6-9H2,1H3,(H2,17,18,20). The predicted molar refractivity (Wildman–Crippen MR) is 87.2 cm³/mol. The Balaban J connectivity index is 1.76. The highest BCUT2D eigenvalue weighted by Gasteiger charge is 2.18. The molecule has 3 amide bonds. The van der Waals surface area contributed by atoms with Gasteiger partial charge in [-0.2, -0.15) is 0 Å². The van der Waals surface area contributed by atoms with Gasteiger partial charge in [0.05, 0.1) is 18.2 Å². The lowest BCUT2D eigenvalue weighted by Crippen LogP contribution is -2.43. The molecule has 1 aliphatic heterocycles. The highest BCUT2D eigenvalue weighted by Crippen LogP contribution is 2.27. The van der Waals surface area contributed by atoms with Gasteiger partial charge in [-0.1, -0.05) is 11.6 Å². The Morgan fingerprint density at radius 3 is 3.00 bits per heavy atom. The quantitative estimate of drug-likeness (QED) is 0.833. The van der Waals surface area contributed by atoms with Crippen LogP contribution in [-0.2, 0) is 4.74 Å². The van der Waals surface area contributed by atoms with Crippen molar-refractivity contribution >= 4 is 29.4 Å². The van der Waals surface area contributed by atoms with Gasteiger partial charge in [-0.25, -0.2) is 9.59 Å². The van der Waals surface area contributed by atoms with Gasteiger partial charge < -0.3 is 25.0 Å². The molecule has 1 aromatic carbocycles. The smallest absolute Gasteiger partial charge is 0.409 e. The van der Waals surface area contributed by atoms with E-state index in [1.807, 2.05) is 6.92 Å². The van der Waals surface area contributed by atoms with Crippen molar-refractivity contribution in [2.45, 2.75) is 13.3 Å². The zero-order valence-corrected chi connectivity index (χ0v) is 13.7. The monoisotopic (exact) mass is 341 g/mol. The normalized spacial score (nSPS) is 14.2. The van der Waals surface area contributed by atoms with Crippen LogP contribution in [0.4, 0.5) is 15.3 Å². The average molecular weight is 342 g/mol. The molecule has 2 N–H and O–H groups in total. The second-order valence-electron chi connectivity index (χ2n) is 4.91. The number of nitrogens with one attached hydrogen (secondary N) is 2. The molecule has 1 saturated heterocycles. The van der Waals surface area contributed by atoms with E-state index in [2.05, 4.69) is 10.6 Å². The third-order valence-corrected chi connectivity index (χ3v) is 3.51. The van der Waals surface area contributed by atoms with E-state index in [0.29, 0.717) is 49.3 Å². The van der Waals surface area contributed by atoms with Gasteiger partial charge in [0.2, 0.25) is 0 Å². The molecule has 1 heterocycles. The Hall–Kier alpha value is -2.15. The summed E-state index contributed by atoms with van der Waals surface area (Å²) in [6.45, 7) is 4.25. The van der Waals surface area contributed by atoms with Crippen LogP contribution in [0.2, 0.25) is 5.02 Å². The summed E-state index contributed by atoms with van der Waals surface area (Å²) in [7, 11) is 0. The fraction of sp³-hybridized carbons (Fsp3) is 0.467. The van der Waals surface area contributed by atoms with E-state index in [0.717, 1.165) is 6.42 Å². The fourth-order valence-corrected chi connectivity index (χ4v) is 2.37. The van der Waals surface area contributed by atoms with Crippen molar-refractivity contribution in [1.29, 1.82) is 0 Å². The predicted octanol–water partition coefficient (Wildman–Crippen LogP) is 2.70. The molecular formula is C15H20ClN3O4. The number of halogens is 1. The van der Waals surface area contributed by atoms with E-state index in [1.165, 1.54) is 0 Å². The minimum absolute atomic E-state index is 0.336. The van der Waals surface area contributed by atoms with Crippen molar-refractivity contribution in [2.75, 3.05) is 38.2 Å². The number of ether oxygens (including phenoxy) is 2. The zero-order valence-electron chi connectivity index (χ0n) is 12.9. The van der Waals surface area contributed by atoms with Gasteiger partial charge in [0.25, 0.3) is 0 Å². The number of carbonyl (C=O) groups excluding carboxylic acids is 2. The topological polar surface area (TPSA) is 79.9 Å². The summed E-state index contributed by atoms with van der Waals surface area (Å²) in [6, 6.07) is 4.66. The first kappa shape index (κ1) is 17.2. The van der Waals surface area contributed by atoms with Gasteiger partial charge >= 0.3 is 12.1 Å². The maximum Gasteiger partial charge on any atom is 0.409 e. The van der Waals surface area contributed by atoms with Gasteiger partial charge in [0.1, 0.15) is 5.75 Å². The van der Waals surface area contributed by atoms with E-state index >= 15 is 0 Å². The molecule has 2 rings (SSSR count). The molecule has 23 heavy (non-hydrogen) atoms. The Kier molecular flexibility index (Phi) is 6.34. The molecule has 7 nitrogen and oxygen atoms in total.